The zero-order valence-corrected chi connectivity index (χ0v) is 22.0. The van der Waals surface area contributed by atoms with E-state index in [1.165, 1.54) is 11.3 Å². The smallest absolute Gasteiger partial charge is 0.341 e. The Hall–Kier alpha value is -2.13. The predicted molar refractivity (Wildman–Crippen MR) is 138 cm³/mol. The van der Waals surface area contributed by atoms with Gasteiger partial charge in [0.25, 0.3) is 10.0 Å². The number of carboxylic acids is 1. The quantitative estimate of drug-likeness (QED) is 0.312. The lowest BCUT2D eigenvalue weighted by Crippen LogP contribution is -2.33. The third-order valence-corrected chi connectivity index (χ3v) is 9.66. The Kier molecular flexibility index (Phi) is 8.98. The highest BCUT2D eigenvalue weighted by Gasteiger charge is 2.28. The van der Waals surface area contributed by atoms with Crippen molar-refractivity contribution < 1.29 is 23.1 Å². The molecule has 0 radical (unpaired) electrons. The number of ether oxygens (including phenoxy) is 1. The molecule has 0 spiro atoms. The number of unbranched alkanes of at least 4 members (excludes halogenated alkanes) is 1. The molecule has 0 aliphatic rings. The molecule has 184 valence electrons. The first-order valence-electron chi connectivity index (χ1n) is 11.3. The highest BCUT2D eigenvalue weighted by molar-refractivity contribution is 7.91. The molecule has 1 heterocycles. The first kappa shape index (κ1) is 26.5. The molecule has 0 bridgehead atoms. The molecule has 0 aliphatic heterocycles. The van der Waals surface area contributed by atoms with E-state index >= 15 is 0 Å². The van der Waals surface area contributed by atoms with E-state index in [1.54, 1.807) is 16.4 Å². The minimum atomic E-state index is -3.63. The predicted octanol–water partition coefficient (Wildman–Crippen LogP) is 6.06. The summed E-state index contributed by atoms with van der Waals surface area (Å²) in [5, 5.41) is 10.3. The summed E-state index contributed by atoms with van der Waals surface area (Å²) in [6.07, 6.45) is 3.08. The molecule has 34 heavy (non-hydrogen) atoms. The Balaban J connectivity index is 1.74. The summed E-state index contributed by atoms with van der Waals surface area (Å²) in [5.41, 5.74) is 2.66. The van der Waals surface area contributed by atoms with Crippen molar-refractivity contribution >= 4 is 49.0 Å². The topological polar surface area (TPSA) is 83.9 Å². The molecule has 0 fully saturated rings. The molecule has 9 heteroatoms. The lowest BCUT2D eigenvalue weighted by Gasteiger charge is -2.22. The molecule has 0 amide bonds. The maximum Gasteiger partial charge on any atom is 0.341 e. The van der Waals surface area contributed by atoms with Crippen LogP contribution in [0.3, 0.4) is 0 Å². The fourth-order valence-corrected chi connectivity index (χ4v) is 7.42. The van der Waals surface area contributed by atoms with Crippen molar-refractivity contribution in [3.8, 4) is 5.75 Å². The molecule has 0 saturated carbocycles. The van der Waals surface area contributed by atoms with Gasteiger partial charge in [0.1, 0.15) is 9.96 Å². The van der Waals surface area contributed by atoms with Crippen molar-refractivity contribution in [3.63, 3.8) is 0 Å². The minimum absolute atomic E-state index is 0.381. The van der Waals surface area contributed by atoms with E-state index in [0.29, 0.717) is 40.9 Å². The van der Waals surface area contributed by atoms with Gasteiger partial charge in [0.2, 0.25) is 0 Å². The zero-order chi connectivity index (χ0) is 24.9. The number of thiophene rings is 1. The number of carboxylic acid groups (broad SMARTS) is 1. The number of benzene rings is 2. The number of aryl methyl sites for hydroxylation is 3. The van der Waals surface area contributed by atoms with Gasteiger partial charge in [-0.1, -0.05) is 37.1 Å². The molecule has 3 rings (SSSR count). The van der Waals surface area contributed by atoms with E-state index < -0.39 is 16.0 Å². The van der Waals surface area contributed by atoms with Gasteiger partial charge in [-0.2, -0.15) is 4.31 Å². The Morgan fingerprint density at radius 2 is 1.85 bits per heavy atom. The average Bonchev–Trinajstić information content (AvgIpc) is 3.11. The molecule has 0 atom stereocenters. The van der Waals surface area contributed by atoms with Crippen LogP contribution >= 0.6 is 22.9 Å². The second kappa shape index (κ2) is 11.5. The number of halogens is 1. The number of nitrogens with zero attached hydrogens (tertiary/aromatic N) is 1. The van der Waals surface area contributed by atoms with Gasteiger partial charge in [0.05, 0.1) is 0 Å². The number of hydrogen-bond donors (Lipinski definition) is 1. The van der Waals surface area contributed by atoms with Crippen LogP contribution in [0.4, 0.5) is 0 Å². The van der Waals surface area contributed by atoms with Crippen molar-refractivity contribution in [2.75, 3.05) is 19.7 Å². The van der Waals surface area contributed by atoms with Gasteiger partial charge in [0.15, 0.2) is 6.61 Å². The van der Waals surface area contributed by atoms with Gasteiger partial charge >= 0.3 is 5.97 Å². The van der Waals surface area contributed by atoms with Crippen LogP contribution in [0.15, 0.2) is 40.6 Å². The Bertz CT molecular complexity index is 1270. The van der Waals surface area contributed by atoms with Crippen LogP contribution in [0.25, 0.3) is 10.1 Å². The third-order valence-electron chi connectivity index (χ3n) is 5.65. The van der Waals surface area contributed by atoms with Crippen LogP contribution in [0.1, 0.15) is 42.9 Å². The summed E-state index contributed by atoms with van der Waals surface area (Å²) in [4.78, 5) is 10.7. The van der Waals surface area contributed by atoms with Crippen LogP contribution in [-0.2, 0) is 21.2 Å². The SMILES string of the molecule is CCCCN(CCCc1ccc(OCC(=O)O)c(C)c1)S(=O)(=O)c1sc2ccc(Cl)cc2c1C. The van der Waals surface area contributed by atoms with E-state index in [9.17, 15) is 13.2 Å². The lowest BCUT2D eigenvalue weighted by molar-refractivity contribution is -0.139. The molecule has 6 nitrogen and oxygen atoms in total. The second-order valence-electron chi connectivity index (χ2n) is 8.30. The molecule has 3 aromatic rings. The van der Waals surface area contributed by atoms with Crippen molar-refractivity contribution in [2.45, 2.75) is 50.7 Å². The standard InChI is InChI=1S/C25H30ClNO5S2/c1-4-5-12-27(13-6-7-19-8-10-22(17(2)14-19)32-16-24(28)29)34(30,31)25-18(3)21-15-20(26)9-11-23(21)33-25/h8-11,14-15H,4-7,12-13,16H2,1-3H3,(H,28,29). The van der Waals surface area contributed by atoms with Gasteiger partial charge in [-0.25, -0.2) is 13.2 Å². The Labute approximate surface area is 210 Å². The van der Waals surface area contributed by atoms with Gasteiger partial charge in [0, 0.05) is 22.8 Å². The Morgan fingerprint density at radius 3 is 2.53 bits per heavy atom. The van der Waals surface area contributed by atoms with Gasteiger partial charge in [-0.15, -0.1) is 11.3 Å². The minimum Gasteiger partial charge on any atom is -0.482 e. The van der Waals surface area contributed by atoms with Crippen molar-refractivity contribution in [2.24, 2.45) is 0 Å². The normalized spacial score (nSPS) is 11.9. The van der Waals surface area contributed by atoms with Crippen molar-refractivity contribution in [1.29, 1.82) is 0 Å². The van der Waals surface area contributed by atoms with E-state index in [2.05, 4.69) is 0 Å². The Morgan fingerprint density at radius 1 is 1.12 bits per heavy atom. The first-order valence-corrected chi connectivity index (χ1v) is 13.9. The monoisotopic (exact) mass is 523 g/mol. The molecule has 0 saturated heterocycles. The van der Waals surface area contributed by atoms with Crippen LogP contribution in [0.2, 0.25) is 5.02 Å². The molecule has 0 aliphatic carbocycles. The number of sulfonamides is 1. The summed E-state index contributed by atoms with van der Waals surface area (Å²) in [5.74, 6) is -0.479. The van der Waals surface area contributed by atoms with E-state index in [0.717, 1.165) is 39.6 Å². The van der Waals surface area contributed by atoms with E-state index in [1.807, 2.05) is 45.0 Å². The number of aliphatic carboxylic acids is 1. The molecular weight excluding hydrogens is 494 g/mol. The van der Waals surface area contributed by atoms with Crippen LogP contribution in [-0.4, -0.2) is 43.5 Å². The summed E-state index contributed by atoms with van der Waals surface area (Å²) >= 11 is 7.43. The number of hydrogen-bond acceptors (Lipinski definition) is 5. The van der Waals surface area contributed by atoms with E-state index in [-0.39, 0.29) is 6.61 Å². The summed E-state index contributed by atoms with van der Waals surface area (Å²) < 4.78 is 35.4. The summed E-state index contributed by atoms with van der Waals surface area (Å²) in [6.45, 7) is 6.29. The maximum atomic E-state index is 13.6. The average molecular weight is 524 g/mol. The first-order chi connectivity index (χ1) is 16.1. The highest BCUT2D eigenvalue weighted by Crippen LogP contribution is 2.37. The molecule has 1 N–H and O–H groups in total. The van der Waals surface area contributed by atoms with E-state index in [4.69, 9.17) is 21.4 Å². The largest absolute Gasteiger partial charge is 0.482 e. The van der Waals surface area contributed by atoms with Gasteiger partial charge in [-0.3, -0.25) is 0 Å². The molecule has 2 aromatic carbocycles. The number of carbonyl (C=O) groups is 1. The fraction of sp³-hybridized carbons (Fsp3) is 0.400. The summed E-state index contributed by atoms with van der Waals surface area (Å²) in [7, 11) is -3.63. The van der Waals surface area contributed by atoms with Crippen LogP contribution in [0.5, 0.6) is 5.75 Å². The second-order valence-corrected chi connectivity index (χ2v) is 11.9. The number of rotatable bonds is 12. The lowest BCUT2D eigenvalue weighted by atomic mass is 10.1. The molecule has 0 unspecified atom stereocenters. The number of fused-ring (bicyclic) bond motifs is 1. The molecule has 1 aromatic heterocycles. The fourth-order valence-electron chi connectivity index (χ4n) is 3.85. The highest BCUT2D eigenvalue weighted by atomic mass is 35.5. The third kappa shape index (κ3) is 6.30. The van der Waals surface area contributed by atoms with Crippen LogP contribution < -0.4 is 4.74 Å². The van der Waals surface area contributed by atoms with Crippen molar-refractivity contribution in [3.05, 3.63) is 58.1 Å². The van der Waals surface area contributed by atoms with Gasteiger partial charge < -0.3 is 9.84 Å². The molecular formula is C25H30ClNO5S2. The zero-order valence-electron chi connectivity index (χ0n) is 19.6. The summed E-state index contributed by atoms with van der Waals surface area (Å²) in [6, 6.07) is 11.1. The van der Waals surface area contributed by atoms with Crippen LogP contribution in [0, 0.1) is 13.8 Å². The van der Waals surface area contributed by atoms with Gasteiger partial charge in [-0.05, 0) is 79.5 Å². The maximum absolute atomic E-state index is 13.6. The van der Waals surface area contributed by atoms with Crippen molar-refractivity contribution in [1.82, 2.24) is 4.31 Å².